The van der Waals surface area contributed by atoms with Crippen LogP contribution in [0.3, 0.4) is 0 Å². The number of methoxy groups -OCH3 is 2. The van der Waals surface area contributed by atoms with E-state index in [1.165, 1.54) is 11.8 Å². The molecule has 2 N–H and O–H groups in total. The van der Waals surface area contributed by atoms with Crippen LogP contribution in [0.15, 0.2) is 113 Å². The van der Waals surface area contributed by atoms with Gasteiger partial charge >= 0.3 is 6.09 Å². The van der Waals surface area contributed by atoms with E-state index in [0.29, 0.717) is 61.3 Å². The summed E-state index contributed by atoms with van der Waals surface area (Å²) in [7, 11) is 3.16. The third kappa shape index (κ3) is 7.97. The van der Waals surface area contributed by atoms with Crippen molar-refractivity contribution in [1.82, 2.24) is 4.90 Å². The van der Waals surface area contributed by atoms with E-state index in [2.05, 4.69) is 19.9 Å². The molecule has 3 aliphatic rings. The Hall–Kier alpha value is -5.38. The van der Waals surface area contributed by atoms with Gasteiger partial charge in [0, 0.05) is 22.6 Å². The van der Waals surface area contributed by atoms with Crippen molar-refractivity contribution >= 4 is 22.6 Å². The monoisotopic (exact) mass is 757 g/mol. The van der Waals surface area contributed by atoms with Crippen LogP contribution in [-0.2, 0) is 13.0 Å². The van der Waals surface area contributed by atoms with Crippen molar-refractivity contribution in [2.24, 2.45) is 5.41 Å². The van der Waals surface area contributed by atoms with Gasteiger partial charge in [-0.1, -0.05) is 61.0 Å². The molecule has 4 atom stereocenters. The Morgan fingerprint density at radius 3 is 2.46 bits per heavy atom. The summed E-state index contributed by atoms with van der Waals surface area (Å²) in [6.45, 7) is 4.25. The summed E-state index contributed by atoms with van der Waals surface area (Å²) in [6, 6.07) is 28.1. The van der Waals surface area contributed by atoms with Crippen LogP contribution in [-0.4, -0.2) is 59.5 Å². The second kappa shape index (κ2) is 16.4. The number of furan rings is 1. The molecule has 4 unspecified atom stereocenters. The van der Waals surface area contributed by atoms with Crippen molar-refractivity contribution in [2.75, 3.05) is 20.8 Å². The highest BCUT2D eigenvalue weighted by Gasteiger charge is 2.58. The fourth-order valence-corrected chi connectivity index (χ4v) is 8.82. The van der Waals surface area contributed by atoms with Crippen molar-refractivity contribution in [3.63, 3.8) is 0 Å². The van der Waals surface area contributed by atoms with Gasteiger partial charge in [0.1, 0.15) is 17.2 Å². The van der Waals surface area contributed by atoms with Gasteiger partial charge in [-0.15, -0.1) is 0 Å². The first kappa shape index (κ1) is 38.9. The van der Waals surface area contributed by atoms with Crippen LogP contribution in [0, 0.1) is 5.41 Å². The minimum absolute atomic E-state index is 0.0317. The van der Waals surface area contributed by atoms with Crippen molar-refractivity contribution in [3.05, 3.63) is 137 Å². The zero-order valence-electron chi connectivity index (χ0n) is 32.6. The van der Waals surface area contributed by atoms with Gasteiger partial charge in [-0.25, -0.2) is 4.79 Å². The predicted octanol–water partition coefficient (Wildman–Crippen LogP) is 9.42. The minimum atomic E-state index is -1.39. The van der Waals surface area contributed by atoms with Gasteiger partial charge in [0.25, 0.3) is 0 Å². The zero-order valence-corrected chi connectivity index (χ0v) is 32.6. The Bertz CT molecular complexity index is 2230. The molecule has 1 heterocycles. The van der Waals surface area contributed by atoms with E-state index in [4.69, 9.17) is 18.6 Å². The SMILES string of the molecule is COc1ccc(CN(CC2(O)CCC3c4ccc(cc4C(=O)c4ccco4)CC(O)CCC(C)=CCCC32C)C(=O)Oc2ccc3ccccc3c2)c(OC)c1. The average Bonchev–Trinajstić information content (AvgIpc) is 3.83. The molecule has 0 saturated heterocycles. The van der Waals surface area contributed by atoms with Gasteiger partial charge in [0.15, 0.2) is 5.76 Å². The number of fused-ring (bicyclic) bond motifs is 9. The number of amides is 1. The highest BCUT2D eigenvalue weighted by molar-refractivity contribution is 6.08. The molecule has 8 rings (SSSR count). The minimum Gasteiger partial charge on any atom is -0.497 e. The molecule has 4 aromatic carbocycles. The van der Waals surface area contributed by atoms with E-state index >= 15 is 0 Å². The van der Waals surface area contributed by atoms with Gasteiger partial charge in [-0.3, -0.25) is 4.79 Å². The molecule has 0 radical (unpaired) electrons. The molecule has 1 aromatic heterocycles. The summed E-state index contributed by atoms with van der Waals surface area (Å²) in [5, 5.41) is 26.1. The molecule has 1 amide bonds. The molecular formula is C47H51NO8. The molecule has 3 aliphatic carbocycles. The number of aliphatic hydroxyl groups excluding tert-OH is 1. The summed E-state index contributed by atoms with van der Waals surface area (Å²) in [6.07, 6.45) is 6.50. The van der Waals surface area contributed by atoms with Crippen molar-refractivity contribution in [2.45, 2.75) is 83.0 Å². The molecule has 1 fully saturated rings. The predicted molar refractivity (Wildman–Crippen MR) is 215 cm³/mol. The van der Waals surface area contributed by atoms with Crippen LogP contribution >= 0.6 is 0 Å². The molecule has 292 valence electrons. The maximum Gasteiger partial charge on any atom is 0.415 e. The first-order chi connectivity index (χ1) is 27.0. The van der Waals surface area contributed by atoms with Gasteiger partial charge < -0.3 is 33.7 Å². The normalized spacial score (nSPS) is 22.5. The van der Waals surface area contributed by atoms with Crippen LogP contribution in [0.25, 0.3) is 10.8 Å². The maximum atomic E-state index is 14.4. The Balaban J connectivity index is 1.29. The van der Waals surface area contributed by atoms with E-state index in [0.717, 1.165) is 33.9 Å². The second-order valence-corrected chi connectivity index (χ2v) is 15.7. The number of benzene rings is 4. The van der Waals surface area contributed by atoms with Crippen LogP contribution in [0.4, 0.5) is 4.79 Å². The quantitative estimate of drug-likeness (QED) is 0.113. The lowest BCUT2D eigenvalue weighted by molar-refractivity contribution is -0.0802. The highest BCUT2D eigenvalue weighted by atomic mass is 16.6. The number of allylic oxidation sites excluding steroid dienone is 2. The van der Waals surface area contributed by atoms with Gasteiger partial charge in [-0.2, -0.15) is 0 Å². The van der Waals surface area contributed by atoms with E-state index in [1.807, 2.05) is 66.7 Å². The number of ether oxygens (including phenoxy) is 3. The molecule has 0 spiro atoms. The van der Waals surface area contributed by atoms with Crippen LogP contribution in [0.2, 0.25) is 0 Å². The molecule has 2 bridgehead atoms. The number of carbonyl (C=O) groups excluding carboxylic acids is 2. The summed E-state index contributed by atoms with van der Waals surface area (Å²) in [5.41, 5.74) is 1.91. The van der Waals surface area contributed by atoms with Crippen molar-refractivity contribution in [3.8, 4) is 17.2 Å². The summed E-state index contributed by atoms with van der Waals surface area (Å²) in [5.74, 6) is 1.30. The van der Waals surface area contributed by atoms with E-state index in [-0.39, 0.29) is 30.6 Å². The first-order valence-electron chi connectivity index (χ1n) is 19.4. The average molecular weight is 758 g/mol. The Labute approximate surface area is 328 Å². The Kier molecular flexibility index (Phi) is 11.4. The van der Waals surface area contributed by atoms with Gasteiger partial charge in [-0.05, 0) is 122 Å². The summed E-state index contributed by atoms with van der Waals surface area (Å²) >= 11 is 0. The second-order valence-electron chi connectivity index (χ2n) is 15.7. The molecule has 9 nitrogen and oxygen atoms in total. The number of rotatable bonds is 9. The summed E-state index contributed by atoms with van der Waals surface area (Å²) < 4.78 is 22.9. The lowest BCUT2D eigenvalue weighted by atomic mass is 9.64. The van der Waals surface area contributed by atoms with Crippen LogP contribution in [0.5, 0.6) is 17.2 Å². The first-order valence-corrected chi connectivity index (χ1v) is 19.4. The third-order valence-corrected chi connectivity index (χ3v) is 12.2. The molecule has 9 heteroatoms. The lowest BCUT2D eigenvalue weighted by Gasteiger charge is -2.46. The molecule has 1 saturated carbocycles. The third-order valence-electron chi connectivity index (χ3n) is 12.2. The fraction of sp³-hybridized carbons (Fsp3) is 0.362. The smallest absolute Gasteiger partial charge is 0.415 e. The van der Waals surface area contributed by atoms with Crippen molar-refractivity contribution < 1.29 is 38.4 Å². The number of aliphatic hydroxyl groups is 2. The molecule has 56 heavy (non-hydrogen) atoms. The van der Waals surface area contributed by atoms with Crippen molar-refractivity contribution in [1.29, 1.82) is 0 Å². The van der Waals surface area contributed by atoms with Crippen LogP contribution in [0.1, 0.15) is 91.1 Å². The number of ketones is 1. The zero-order chi connectivity index (χ0) is 39.5. The topological polar surface area (TPSA) is 119 Å². The molecule has 0 aliphatic heterocycles. The largest absolute Gasteiger partial charge is 0.497 e. The fourth-order valence-electron chi connectivity index (χ4n) is 8.82. The molecular weight excluding hydrogens is 707 g/mol. The Morgan fingerprint density at radius 1 is 0.893 bits per heavy atom. The Morgan fingerprint density at radius 2 is 1.70 bits per heavy atom. The van der Waals surface area contributed by atoms with E-state index in [1.54, 1.807) is 43.4 Å². The number of nitrogens with zero attached hydrogens (tertiary/aromatic N) is 1. The van der Waals surface area contributed by atoms with E-state index < -0.39 is 23.2 Å². The number of carbonyl (C=O) groups is 2. The maximum absolute atomic E-state index is 14.4. The standard InChI is InChI=1S/C47H51NO8/c1-31-9-7-22-46(2)41(39-20-14-32(25-36(49)17-13-31)26-40(39)44(50)42-12-8-24-55-42)21-23-47(46,52)30-48(29-35-16-18-37(53-3)28-43(35)54-4)45(51)56-38-19-15-33-10-5-6-11-34(33)27-38/h5-6,8-12,14-16,18-20,24,26-28,36,41,49,52H,7,13,17,21-23,25,29-30H2,1-4H3. The lowest BCUT2D eigenvalue weighted by Crippen LogP contribution is -2.54. The van der Waals surface area contributed by atoms with Crippen LogP contribution < -0.4 is 14.2 Å². The number of hydrogen-bond donors (Lipinski definition) is 2. The summed E-state index contributed by atoms with van der Waals surface area (Å²) in [4.78, 5) is 30.1. The van der Waals surface area contributed by atoms with Gasteiger partial charge in [0.05, 0.1) is 45.3 Å². The number of hydrogen-bond acceptors (Lipinski definition) is 8. The van der Waals surface area contributed by atoms with Gasteiger partial charge in [0.2, 0.25) is 5.78 Å². The van der Waals surface area contributed by atoms with E-state index in [9.17, 15) is 19.8 Å². The highest BCUT2D eigenvalue weighted by Crippen LogP contribution is 2.59. The molecule has 5 aromatic rings.